The highest BCUT2D eigenvalue weighted by molar-refractivity contribution is 5.79. The van der Waals surface area contributed by atoms with Gasteiger partial charge in [0.15, 0.2) is 0 Å². The van der Waals surface area contributed by atoms with Crippen LogP contribution in [0.15, 0.2) is 0 Å². The summed E-state index contributed by atoms with van der Waals surface area (Å²) in [5.74, 6) is 0.504. The first-order valence-electron chi connectivity index (χ1n) is 7.06. The lowest BCUT2D eigenvalue weighted by molar-refractivity contribution is -0.124. The minimum absolute atomic E-state index is 0.0737. The van der Waals surface area contributed by atoms with Gasteiger partial charge in [-0.1, -0.05) is 13.8 Å². The molecule has 0 aromatic heterocycles. The van der Waals surface area contributed by atoms with Crippen molar-refractivity contribution < 1.29 is 4.79 Å². The maximum atomic E-state index is 12.1. The number of nitrogens with zero attached hydrogens (tertiary/aromatic N) is 2. The lowest BCUT2D eigenvalue weighted by atomic mass is 9.90. The van der Waals surface area contributed by atoms with Gasteiger partial charge < -0.3 is 11.1 Å². The molecule has 0 aromatic carbocycles. The summed E-state index contributed by atoms with van der Waals surface area (Å²) in [5.41, 5.74) is 4.90. The lowest BCUT2D eigenvalue weighted by Gasteiger charge is -2.33. The van der Waals surface area contributed by atoms with Gasteiger partial charge >= 0.3 is 0 Å². The van der Waals surface area contributed by atoms with E-state index in [4.69, 9.17) is 5.73 Å². The molecule has 0 aliphatic carbocycles. The quantitative estimate of drug-likeness (QED) is 0.768. The molecule has 0 bridgehead atoms. The van der Waals surface area contributed by atoms with Gasteiger partial charge in [0.25, 0.3) is 0 Å². The molecule has 108 valence electrons. The number of amides is 1. The Labute approximate surface area is 116 Å². The number of likely N-dealkylation sites (tertiary alicyclic amines) is 1. The van der Waals surface area contributed by atoms with Crippen molar-refractivity contribution >= 4 is 5.91 Å². The fourth-order valence-electron chi connectivity index (χ4n) is 2.32. The zero-order valence-electron chi connectivity index (χ0n) is 12.3. The van der Waals surface area contributed by atoms with Crippen LogP contribution in [0.4, 0.5) is 0 Å². The molecule has 1 amide bonds. The lowest BCUT2D eigenvalue weighted by Crippen LogP contribution is -2.53. The first-order valence-corrected chi connectivity index (χ1v) is 7.06. The van der Waals surface area contributed by atoms with Crippen LogP contribution in [-0.2, 0) is 4.79 Å². The summed E-state index contributed by atoms with van der Waals surface area (Å²) in [7, 11) is 0. The van der Waals surface area contributed by atoms with Gasteiger partial charge in [0.05, 0.1) is 12.6 Å². The molecule has 5 heteroatoms. The van der Waals surface area contributed by atoms with E-state index in [-0.39, 0.29) is 11.8 Å². The van der Waals surface area contributed by atoms with Crippen molar-refractivity contribution in [1.29, 1.82) is 5.26 Å². The van der Waals surface area contributed by atoms with E-state index in [9.17, 15) is 10.1 Å². The average Bonchev–Trinajstić information content (AvgIpc) is 2.38. The van der Waals surface area contributed by atoms with Crippen molar-refractivity contribution in [2.75, 3.05) is 26.2 Å². The van der Waals surface area contributed by atoms with E-state index < -0.39 is 5.54 Å². The highest BCUT2D eigenvalue weighted by atomic mass is 16.2. The summed E-state index contributed by atoms with van der Waals surface area (Å²) in [4.78, 5) is 14.2. The number of nitrogens with one attached hydrogen (secondary N) is 1. The third-order valence-electron chi connectivity index (χ3n) is 4.09. The fraction of sp³-hybridized carbons (Fsp3) is 0.857. The number of carbonyl (C=O) groups is 1. The molecule has 2 atom stereocenters. The molecular weight excluding hydrogens is 240 g/mol. The zero-order valence-corrected chi connectivity index (χ0v) is 12.3. The van der Waals surface area contributed by atoms with Crippen molar-refractivity contribution in [2.45, 2.75) is 39.2 Å². The Hall–Kier alpha value is -1.12. The van der Waals surface area contributed by atoms with Crippen LogP contribution in [0.25, 0.3) is 0 Å². The first-order chi connectivity index (χ1) is 8.91. The molecular formula is C14H26N4O. The zero-order chi connectivity index (χ0) is 14.5. The van der Waals surface area contributed by atoms with Crippen molar-refractivity contribution in [3.63, 3.8) is 0 Å². The second-order valence-electron chi connectivity index (χ2n) is 6.00. The second-order valence-corrected chi connectivity index (χ2v) is 6.00. The van der Waals surface area contributed by atoms with Crippen LogP contribution in [-0.4, -0.2) is 42.5 Å². The van der Waals surface area contributed by atoms with Crippen LogP contribution < -0.4 is 11.1 Å². The Morgan fingerprint density at radius 2 is 2.32 bits per heavy atom. The Kier molecular flexibility index (Phi) is 5.77. The monoisotopic (exact) mass is 266 g/mol. The predicted molar refractivity (Wildman–Crippen MR) is 75.2 cm³/mol. The Balaban J connectivity index is 2.49. The number of rotatable bonds is 5. The van der Waals surface area contributed by atoms with Gasteiger partial charge in [-0.25, -0.2) is 0 Å². The normalized spacial score (nSPS) is 23.7. The number of hydrogen-bond acceptors (Lipinski definition) is 4. The standard InChI is InChI=1S/C14H26N4O/c1-11(2)14(3,10-16)17-13(19)9-18-6-4-5-12(7-15)8-18/h11-12H,4-9,15H2,1-3H3,(H,17,19). The predicted octanol–water partition coefficient (Wildman–Crippen LogP) is 0.712. The number of piperidine rings is 1. The highest BCUT2D eigenvalue weighted by Gasteiger charge is 2.31. The SMILES string of the molecule is CC(C)C(C)(C#N)NC(=O)CN1CCCC(CN)C1. The summed E-state index contributed by atoms with van der Waals surface area (Å²) in [6.45, 7) is 8.52. The van der Waals surface area contributed by atoms with Crippen molar-refractivity contribution in [1.82, 2.24) is 10.2 Å². The molecule has 0 radical (unpaired) electrons. The number of carbonyl (C=O) groups excluding carboxylic acids is 1. The number of nitrogens with two attached hydrogens (primary N) is 1. The van der Waals surface area contributed by atoms with E-state index in [1.807, 2.05) is 13.8 Å². The summed E-state index contributed by atoms with van der Waals surface area (Å²) < 4.78 is 0. The molecule has 1 heterocycles. The van der Waals surface area contributed by atoms with E-state index in [1.54, 1.807) is 6.92 Å². The Morgan fingerprint density at radius 3 is 2.84 bits per heavy atom. The van der Waals surface area contributed by atoms with E-state index in [0.29, 0.717) is 19.0 Å². The molecule has 0 saturated carbocycles. The molecule has 2 unspecified atom stereocenters. The Bertz CT molecular complexity index is 350. The maximum Gasteiger partial charge on any atom is 0.235 e. The van der Waals surface area contributed by atoms with Gasteiger partial charge in [0.1, 0.15) is 5.54 Å². The van der Waals surface area contributed by atoms with Crippen molar-refractivity contribution in [3.8, 4) is 6.07 Å². The fourth-order valence-corrected chi connectivity index (χ4v) is 2.32. The third-order valence-corrected chi connectivity index (χ3v) is 4.09. The van der Waals surface area contributed by atoms with Gasteiger partial charge in [-0.05, 0) is 44.7 Å². The van der Waals surface area contributed by atoms with Gasteiger partial charge in [0.2, 0.25) is 5.91 Å². The topological polar surface area (TPSA) is 82.2 Å². The summed E-state index contributed by atoms with van der Waals surface area (Å²) in [5, 5.41) is 12.0. The number of hydrogen-bond donors (Lipinski definition) is 2. The van der Waals surface area contributed by atoms with Crippen molar-refractivity contribution in [2.24, 2.45) is 17.6 Å². The molecule has 1 aliphatic rings. The van der Waals surface area contributed by atoms with Crippen LogP contribution in [0.2, 0.25) is 0 Å². The van der Waals surface area contributed by atoms with E-state index >= 15 is 0 Å². The van der Waals surface area contributed by atoms with Crippen LogP contribution in [0.5, 0.6) is 0 Å². The summed E-state index contributed by atoms with van der Waals surface area (Å²) in [6.07, 6.45) is 2.24. The highest BCUT2D eigenvalue weighted by Crippen LogP contribution is 2.17. The molecule has 1 rings (SSSR count). The molecule has 0 spiro atoms. The van der Waals surface area contributed by atoms with Crippen molar-refractivity contribution in [3.05, 3.63) is 0 Å². The minimum atomic E-state index is -0.792. The van der Waals surface area contributed by atoms with E-state index in [0.717, 1.165) is 25.9 Å². The van der Waals surface area contributed by atoms with Crippen LogP contribution in [0.3, 0.4) is 0 Å². The molecule has 1 saturated heterocycles. The van der Waals surface area contributed by atoms with Gasteiger partial charge in [0, 0.05) is 6.54 Å². The minimum Gasteiger partial charge on any atom is -0.337 e. The van der Waals surface area contributed by atoms with Gasteiger partial charge in [-0.15, -0.1) is 0 Å². The molecule has 0 aromatic rings. The summed E-state index contributed by atoms with van der Waals surface area (Å²) >= 11 is 0. The van der Waals surface area contributed by atoms with Gasteiger partial charge in [-0.2, -0.15) is 5.26 Å². The van der Waals surface area contributed by atoms with Crippen LogP contribution in [0.1, 0.15) is 33.6 Å². The van der Waals surface area contributed by atoms with E-state index in [1.165, 1.54) is 0 Å². The molecule has 1 aliphatic heterocycles. The molecule has 19 heavy (non-hydrogen) atoms. The first kappa shape index (κ1) is 15.9. The maximum absolute atomic E-state index is 12.1. The van der Waals surface area contributed by atoms with E-state index in [2.05, 4.69) is 16.3 Å². The smallest absolute Gasteiger partial charge is 0.235 e. The van der Waals surface area contributed by atoms with Gasteiger partial charge in [-0.3, -0.25) is 9.69 Å². The summed E-state index contributed by atoms with van der Waals surface area (Å²) in [6, 6.07) is 2.20. The second kappa shape index (κ2) is 6.88. The molecule has 5 nitrogen and oxygen atoms in total. The third kappa shape index (κ3) is 4.48. The molecule has 1 fully saturated rings. The molecule has 3 N–H and O–H groups in total. The Morgan fingerprint density at radius 1 is 1.63 bits per heavy atom. The average molecular weight is 266 g/mol. The van der Waals surface area contributed by atoms with Crippen LogP contribution >= 0.6 is 0 Å². The number of nitriles is 1. The largest absolute Gasteiger partial charge is 0.337 e. The van der Waals surface area contributed by atoms with Crippen LogP contribution in [0, 0.1) is 23.2 Å².